The van der Waals surface area contributed by atoms with E-state index in [1.807, 2.05) is 0 Å². The Balaban J connectivity index is 1.56. The van der Waals surface area contributed by atoms with Crippen LogP contribution in [0.1, 0.15) is 17.5 Å². The first-order valence-electron chi connectivity index (χ1n) is 9.48. The second-order valence-electron chi connectivity index (χ2n) is 6.89. The van der Waals surface area contributed by atoms with Crippen LogP contribution in [-0.4, -0.2) is 21.0 Å². The third kappa shape index (κ3) is 3.52. The van der Waals surface area contributed by atoms with Crippen molar-refractivity contribution in [2.75, 3.05) is 0 Å². The number of carbonyl (C=O) groups excluding carboxylic acids is 1. The van der Waals surface area contributed by atoms with E-state index < -0.39 is 22.9 Å². The summed E-state index contributed by atoms with van der Waals surface area (Å²) in [5.41, 5.74) is 0.714. The fourth-order valence-electron chi connectivity index (χ4n) is 3.42. The van der Waals surface area contributed by atoms with Gasteiger partial charge in [0.2, 0.25) is 6.17 Å². The maximum atomic E-state index is 14.0. The highest BCUT2D eigenvalue weighted by atomic mass is 32.2. The summed E-state index contributed by atoms with van der Waals surface area (Å²) < 4.78 is 19.3. The number of furan rings is 1. The van der Waals surface area contributed by atoms with Crippen LogP contribution in [0.15, 0.2) is 75.2 Å². The number of rotatable bonds is 4. The zero-order chi connectivity index (χ0) is 22.2. The number of amides is 1. The number of nitrogens with zero attached hydrogens (tertiary/aromatic N) is 4. The van der Waals surface area contributed by atoms with E-state index in [1.165, 1.54) is 23.2 Å². The Hall–Kier alpha value is -3.99. The predicted octanol–water partition coefficient (Wildman–Crippen LogP) is 2.40. The largest absolute Gasteiger partial charge is 0.433 e. The third-order valence-corrected chi connectivity index (χ3v) is 5.80. The maximum Gasteiger partial charge on any atom is 0.433 e. The van der Waals surface area contributed by atoms with E-state index >= 15 is 0 Å². The summed E-state index contributed by atoms with van der Waals surface area (Å²) in [6.45, 7) is 0. The minimum Gasteiger partial charge on any atom is -0.401 e. The van der Waals surface area contributed by atoms with Gasteiger partial charge in [-0.1, -0.05) is 48.2 Å². The summed E-state index contributed by atoms with van der Waals surface area (Å²) >= 11 is 1.16. The molecule has 0 bridgehead atoms. The van der Waals surface area contributed by atoms with Gasteiger partial charge in [-0.25, -0.2) is 14.4 Å². The number of hydrazone groups is 1. The number of fused-ring (bicyclic) bond motifs is 2. The van der Waals surface area contributed by atoms with Crippen molar-refractivity contribution >= 4 is 34.4 Å². The Morgan fingerprint density at radius 1 is 1.16 bits per heavy atom. The molecular formula is C21H14FN5O4S. The summed E-state index contributed by atoms with van der Waals surface area (Å²) in [5, 5.41) is 21.1. The standard InChI is InChI=1S/C21H14FN5O4S/c22-14-7-3-1-5-12(14)11-32-21-24-20(28)18-13-6-2-4-8-15(13)23-19(26(18)25-21)16-9-10-17(31-16)27(29)30/h1-10,19H,11H2,(H,24,25,28)/t19-/m1/s1. The Morgan fingerprint density at radius 2 is 1.94 bits per heavy atom. The first-order chi connectivity index (χ1) is 15.5. The van der Waals surface area contributed by atoms with Crippen LogP contribution in [0.25, 0.3) is 5.70 Å². The molecule has 1 amide bonds. The van der Waals surface area contributed by atoms with Crippen molar-refractivity contribution in [3.05, 3.63) is 98.5 Å². The molecule has 0 spiro atoms. The van der Waals surface area contributed by atoms with Crippen LogP contribution in [-0.2, 0) is 10.5 Å². The minimum absolute atomic E-state index is 0.167. The smallest absolute Gasteiger partial charge is 0.401 e. The normalized spacial score (nSPS) is 17.1. The molecule has 3 heterocycles. The molecule has 0 saturated carbocycles. The highest BCUT2D eigenvalue weighted by molar-refractivity contribution is 8.13. The molecule has 11 heteroatoms. The first-order valence-corrected chi connectivity index (χ1v) is 10.5. The van der Waals surface area contributed by atoms with E-state index in [2.05, 4.69) is 15.4 Å². The summed E-state index contributed by atoms with van der Waals surface area (Å²) in [6, 6.07) is 16.1. The number of halogens is 1. The number of nitro groups is 1. The summed E-state index contributed by atoms with van der Waals surface area (Å²) in [5.74, 6) is -0.780. The number of para-hydroxylation sites is 1. The molecule has 0 fully saturated rings. The maximum absolute atomic E-state index is 14.0. The van der Waals surface area contributed by atoms with E-state index in [9.17, 15) is 19.3 Å². The van der Waals surface area contributed by atoms with Crippen molar-refractivity contribution in [3.8, 4) is 0 Å². The molecule has 160 valence electrons. The number of carbonyl (C=O) groups is 1. The molecule has 0 radical (unpaired) electrons. The molecule has 1 aromatic heterocycles. The SMILES string of the molecule is O=C1NC(SCc2ccccc2F)=NN2C1=c1ccccc1=N[C@H]2c1ccc([N+](=O)[O-])o1. The monoisotopic (exact) mass is 451 g/mol. The van der Waals surface area contributed by atoms with Crippen LogP contribution < -0.4 is 15.9 Å². The average molecular weight is 451 g/mol. The Kier molecular flexibility index (Phi) is 4.94. The molecule has 0 unspecified atom stereocenters. The second kappa shape index (κ2) is 7.93. The van der Waals surface area contributed by atoms with Gasteiger partial charge in [0.1, 0.15) is 16.4 Å². The van der Waals surface area contributed by atoms with Crippen molar-refractivity contribution in [2.45, 2.75) is 11.9 Å². The van der Waals surface area contributed by atoms with E-state index in [0.717, 1.165) is 11.8 Å². The highest BCUT2D eigenvalue weighted by Gasteiger charge is 2.36. The zero-order valence-corrected chi connectivity index (χ0v) is 17.1. The molecule has 9 nitrogen and oxygen atoms in total. The van der Waals surface area contributed by atoms with Gasteiger partial charge in [-0.05, 0) is 23.8 Å². The topological polar surface area (TPSA) is 113 Å². The van der Waals surface area contributed by atoms with Crippen molar-refractivity contribution in [2.24, 2.45) is 10.1 Å². The quantitative estimate of drug-likeness (QED) is 0.481. The molecule has 2 aromatic carbocycles. The fourth-order valence-corrected chi connectivity index (χ4v) is 4.26. The molecular weight excluding hydrogens is 437 g/mol. The predicted molar refractivity (Wildman–Crippen MR) is 114 cm³/mol. The van der Waals surface area contributed by atoms with Crippen LogP contribution in [0.2, 0.25) is 0 Å². The number of amidine groups is 1. The van der Waals surface area contributed by atoms with Crippen LogP contribution in [0, 0.1) is 15.9 Å². The molecule has 2 aliphatic heterocycles. The fraction of sp³-hybridized carbons (Fsp3) is 0.0952. The van der Waals surface area contributed by atoms with Gasteiger partial charge in [0.05, 0.1) is 11.4 Å². The van der Waals surface area contributed by atoms with E-state index in [-0.39, 0.29) is 28.2 Å². The van der Waals surface area contributed by atoms with Gasteiger partial charge in [0, 0.05) is 11.0 Å². The van der Waals surface area contributed by atoms with Gasteiger partial charge >= 0.3 is 5.88 Å². The molecule has 5 rings (SSSR count). The average Bonchev–Trinajstić information content (AvgIpc) is 3.28. The molecule has 2 aliphatic rings. The van der Waals surface area contributed by atoms with Gasteiger partial charge in [-0.3, -0.25) is 20.2 Å². The van der Waals surface area contributed by atoms with Crippen molar-refractivity contribution in [1.29, 1.82) is 0 Å². The lowest BCUT2D eigenvalue weighted by Gasteiger charge is -2.32. The molecule has 32 heavy (non-hydrogen) atoms. The number of hydrogen-bond acceptors (Lipinski definition) is 8. The summed E-state index contributed by atoms with van der Waals surface area (Å²) in [7, 11) is 0. The van der Waals surface area contributed by atoms with Gasteiger partial charge in [0.15, 0.2) is 10.9 Å². The Bertz CT molecular complexity index is 1400. The van der Waals surface area contributed by atoms with Gasteiger partial charge in [-0.15, -0.1) is 5.10 Å². The van der Waals surface area contributed by atoms with Crippen molar-refractivity contribution in [1.82, 2.24) is 10.3 Å². The summed E-state index contributed by atoms with van der Waals surface area (Å²) in [4.78, 5) is 28.1. The molecule has 1 atom stereocenters. The Morgan fingerprint density at radius 3 is 2.72 bits per heavy atom. The molecule has 3 aromatic rings. The Labute approximate surface area is 184 Å². The summed E-state index contributed by atoms with van der Waals surface area (Å²) in [6.07, 6.45) is -0.913. The number of thioether (sulfide) groups is 1. The van der Waals surface area contributed by atoms with Crippen LogP contribution >= 0.6 is 11.8 Å². The van der Waals surface area contributed by atoms with E-state index in [1.54, 1.807) is 42.5 Å². The van der Waals surface area contributed by atoms with Gasteiger partial charge < -0.3 is 4.42 Å². The van der Waals surface area contributed by atoms with Crippen molar-refractivity contribution < 1.29 is 18.5 Å². The molecule has 0 aliphatic carbocycles. The van der Waals surface area contributed by atoms with E-state index in [4.69, 9.17) is 4.42 Å². The van der Waals surface area contributed by atoms with Gasteiger partial charge in [0.25, 0.3) is 5.91 Å². The third-order valence-electron chi connectivity index (χ3n) is 4.88. The number of hydrogen-bond donors (Lipinski definition) is 1. The van der Waals surface area contributed by atoms with Crippen LogP contribution in [0.3, 0.4) is 0 Å². The highest BCUT2D eigenvalue weighted by Crippen LogP contribution is 2.33. The second-order valence-corrected chi connectivity index (χ2v) is 7.85. The lowest BCUT2D eigenvalue weighted by Crippen LogP contribution is -2.50. The van der Waals surface area contributed by atoms with Crippen LogP contribution in [0.4, 0.5) is 10.3 Å². The lowest BCUT2D eigenvalue weighted by molar-refractivity contribution is -0.402. The van der Waals surface area contributed by atoms with Crippen molar-refractivity contribution in [3.63, 3.8) is 0 Å². The number of benzene rings is 2. The molecule has 1 N–H and O–H groups in total. The number of nitrogens with one attached hydrogen (secondary N) is 1. The van der Waals surface area contributed by atoms with Gasteiger partial charge in [-0.2, -0.15) is 0 Å². The zero-order valence-electron chi connectivity index (χ0n) is 16.3. The minimum atomic E-state index is -0.913. The van der Waals surface area contributed by atoms with E-state index in [0.29, 0.717) is 16.1 Å². The first kappa shape index (κ1) is 19.9. The lowest BCUT2D eigenvalue weighted by atomic mass is 10.1. The molecule has 0 saturated heterocycles. The van der Waals surface area contributed by atoms with Crippen LogP contribution in [0.5, 0.6) is 0 Å².